The number of aliphatic hydroxyl groups is 1. The van der Waals surface area contributed by atoms with Crippen LogP contribution in [0.3, 0.4) is 0 Å². The molecule has 1 spiro atoms. The molecule has 60 heavy (non-hydrogen) atoms. The van der Waals surface area contributed by atoms with Gasteiger partial charge < -0.3 is 33.9 Å². The number of thioether (sulfide) groups is 1. The molecular weight excluding hydrogens is 781 g/mol. The highest BCUT2D eigenvalue weighted by Gasteiger charge is 2.79. The van der Waals surface area contributed by atoms with E-state index in [1.165, 1.54) is 31.6 Å². The number of nitrogens with one attached hydrogen (secondary N) is 1. The second-order valence-corrected chi connectivity index (χ2v) is 19.8. The summed E-state index contributed by atoms with van der Waals surface area (Å²) in [4.78, 5) is 54.9. The molecule has 0 radical (unpaired) electrons. The van der Waals surface area contributed by atoms with Crippen molar-refractivity contribution in [3.05, 3.63) is 64.5 Å². The molecule has 9 rings (SSSR count). The van der Waals surface area contributed by atoms with Crippen LogP contribution in [0.4, 0.5) is 0 Å². The lowest BCUT2D eigenvalue weighted by molar-refractivity contribution is -0.238. The van der Waals surface area contributed by atoms with Gasteiger partial charge in [0.05, 0.1) is 26.4 Å². The van der Waals surface area contributed by atoms with Crippen molar-refractivity contribution < 1.29 is 38.4 Å². The fourth-order valence-electron chi connectivity index (χ4n) is 13.8. The lowest BCUT2D eigenvalue weighted by Crippen LogP contribution is -2.77. The van der Waals surface area contributed by atoms with Gasteiger partial charge in [-0.25, -0.2) is 4.79 Å². The number of nitrogens with zero attached hydrogens (tertiary/aromatic N) is 3. The summed E-state index contributed by atoms with van der Waals surface area (Å²) >= 11 is 1.81. The van der Waals surface area contributed by atoms with Crippen molar-refractivity contribution in [1.82, 2.24) is 19.7 Å². The fourth-order valence-corrected chi connectivity index (χ4v) is 14.5. The minimum Gasteiger partial charge on any atom is -0.468 e. The molecule has 13 heteroatoms. The van der Waals surface area contributed by atoms with Gasteiger partial charge in [0.15, 0.2) is 0 Å². The average Bonchev–Trinajstić information content (AvgIpc) is 3.89. The highest BCUT2D eigenvalue weighted by molar-refractivity contribution is 7.99. The number of methoxy groups -OCH3 is 3. The van der Waals surface area contributed by atoms with Crippen LogP contribution in [0.25, 0.3) is 10.9 Å². The largest absolute Gasteiger partial charge is 0.468 e. The first kappa shape index (κ1) is 41.7. The van der Waals surface area contributed by atoms with Crippen LogP contribution >= 0.6 is 11.8 Å². The quantitative estimate of drug-likeness (QED) is 0.141. The van der Waals surface area contributed by atoms with Gasteiger partial charge in [-0.1, -0.05) is 44.9 Å². The lowest BCUT2D eigenvalue weighted by atomic mass is 9.50. The van der Waals surface area contributed by atoms with Crippen molar-refractivity contribution in [3.63, 3.8) is 0 Å². The zero-order valence-corrected chi connectivity index (χ0v) is 37.2. The summed E-state index contributed by atoms with van der Waals surface area (Å²) in [5.41, 5.74) is 2.01. The third-order valence-electron chi connectivity index (χ3n) is 15.9. The van der Waals surface area contributed by atoms with Gasteiger partial charge in [0, 0.05) is 91.2 Å². The second kappa shape index (κ2) is 15.3. The maximum atomic E-state index is 15.4. The molecule has 1 saturated carbocycles. The van der Waals surface area contributed by atoms with Gasteiger partial charge >= 0.3 is 17.9 Å². The van der Waals surface area contributed by atoms with Crippen LogP contribution in [0.1, 0.15) is 71.1 Å². The standard InChI is InChI=1S/C47H62N4O8S/c1-9-27-18-28-22-46(43(53)57-7,39-32(25-50(23-27)24-28)31-19-30(60-11-3)12-13-35(31)48-39)34-20-33-36(21-37(34)56-6)49(5)42-45(33)15-17-51-16-14-29(10-2)38(40(45)51)41(59-26(4)52)47(42,55)44(54)58-8/h12-13,18-21,28-29,34,37-38,40-42,48,55H,9-11,14-17,22-25H2,1-8H3/t28-,29+,34?,37?,38?,40+,41-,42-,45-,46+,47-/m1/s1. The Hall–Kier alpha value is -3.62. The molecule has 4 fully saturated rings. The number of hydrogen-bond acceptors (Lipinski definition) is 12. The predicted molar refractivity (Wildman–Crippen MR) is 229 cm³/mol. The second-order valence-electron chi connectivity index (χ2n) is 18.4. The Bertz CT molecular complexity index is 2180. The number of esters is 3. The van der Waals surface area contributed by atoms with Gasteiger partial charge in [0.1, 0.15) is 11.5 Å². The van der Waals surface area contributed by atoms with Crippen molar-refractivity contribution in [2.75, 3.05) is 60.3 Å². The lowest BCUT2D eigenvalue weighted by Gasteiger charge is -2.61. The molecule has 7 aliphatic rings. The van der Waals surface area contributed by atoms with Crippen molar-refractivity contribution in [3.8, 4) is 0 Å². The van der Waals surface area contributed by atoms with Gasteiger partial charge in [0.2, 0.25) is 5.60 Å². The number of ether oxygens (including phenoxy) is 4. The molecule has 2 N–H and O–H groups in total. The average molecular weight is 843 g/mol. The van der Waals surface area contributed by atoms with Crippen LogP contribution in [0.5, 0.6) is 0 Å². The monoisotopic (exact) mass is 842 g/mol. The van der Waals surface area contributed by atoms with Gasteiger partial charge in [0.25, 0.3) is 0 Å². The third kappa shape index (κ3) is 5.73. The van der Waals surface area contributed by atoms with Crippen LogP contribution in [-0.4, -0.2) is 133 Å². The Labute approximate surface area is 358 Å². The van der Waals surface area contributed by atoms with Gasteiger partial charge in [-0.3, -0.25) is 19.4 Å². The summed E-state index contributed by atoms with van der Waals surface area (Å²) in [5, 5.41) is 14.4. The summed E-state index contributed by atoms with van der Waals surface area (Å²) in [6, 6.07) is 5.60. The summed E-state index contributed by atoms with van der Waals surface area (Å²) in [5.74, 6) is -1.45. The minimum absolute atomic E-state index is 0.0654. The first-order chi connectivity index (χ1) is 28.8. The third-order valence-corrected chi connectivity index (χ3v) is 16.7. The van der Waals surface area contributed by atoms with E-state index >= 15 is 4.79 Å². The van der Waals surface area contributed by atoms with E-state index < -0.39 is 52.5 Å². The van der Waals surface area contributed by atoms with E-state index in [2.05, 4.69) is 72.0 Å². The molecule has 3 saturated heterocycles. The van der Waals surface area contributed by atoms with Crippen LogP contribution < -0.4 is 0 Å². The Morgan fingerprint density at radius 1 is 1.02 bits per heavy atom. The van der Waals surface area contributed by atoms with E-state index in [9.17, 15) is 14.7 Å². The van der Waals surface area contributed by atoms with Gasteiger partial charge in [-0.15, -0.1) is 11.8 Å². The molecule has 0 amide bonds. The number of benzene rings is 1. The van der Waals surface area contributed by atoms with Crippen LogP contribution in [-0.2, 0) is 45.3 Å². The van der Waals surface area contributed by atoms with E-state index in [4.69, 9.17) is 18.9 Å². The molecule has 12 atom stereocenters. The normalized spacial score (nSPS) is 38.0. The minimum atomic E-state index is -2.19. The summed E-state index contributed by atoms with van der Waals surface area (Å²) in [6.45, 7) is 11.9. The molecule has 1 aromatic carbocycles. The summed E-state index contributed by atoms with van der Waals surface area (Å²) < 4.78 is 24.2. The van der Waals surface area contributed by atoms with E-state index in [0.29, 0.717) is 19.4 Å². The number of rotatable bonds is 9. The zero-order valence-electron chi connectivity index (χ0n) is 36.4. The number of piperidine rings is 1. The molecule has 2 aliphatic carbocycles. The number of H-pyrrole nitrogens is 1. The Morgan fingerprint density at radius 2 is 1.80 bits per heavy atom. The van der Waals surface area contributed by atoms with Crippen LogP contribution in [0.2, 0.25) is 0 Å². The van der Waals surface area contributed by atoms with Crippen molar-refractivity contribution >= 4 is 40.6 Å². The predicted octanol–water partition coefficient (Wildman–Crippen LogP) is 5.59. The molecule has 6 heterocycles. The molecule has 4 unspecified atom stereocenters. The number of carbonyl (C=O) groups is 3. The highest BCUT2D eigenvalue weighted by Crippen LogP contribution is 2.68. The van der Waals surface area contributed by atoms with E-state index in [1.54, 1.807) is 7.11 Å². The van der Waals surface area contributed by atoms with E-state index in [1.807, 2.05) is 23.7 Å². The number of allylic oxidation sites excluding steroid dienone is 1. The Kier molecular flexibility index (Phi) is 10.7. The first-order valence-corrected chi connectivity index (χ1v) is 23.0. The van der Waals surface area contributed by atoms with Crippen molar-refractivity contribution in [1.29, 1.82) is 0 Å². The molecule has 12 nitrogen and oxygen atoms in total. The van der Waals surface area contributed by atoms with Crippen LogP contribution in [0, 0.1) is 29.1 Å². The number of fused-ring (bicyclic) bond motifs is 6. The smallest absolute Gasteiger partial charge is 0.344 e. The molecular formula is C47H62N4O8S. The van der Waals surface area contributed by atoms with Crippen molar-refractivity contribution in [2.45, 2.75) is 107 Å². The Morgan fingerprint density at radius 3 is 2.48 bits per heavy atom. The number of likely N-dealkylation sites (N-methyl/N-ethyl adjacent to an activating group) is 1. The topological polar surface area (TPSA) is 134 Å². The van der Waals surface area contributed by atoms with E-state index in [0.717, 1.165) is 84.6 Å². The van der Waals surface area contributed by atoms with Gasteiger partial charge in [-0.05, 0) is 91.8 Å². The van der Waals surface area contributed by atoms with E-state index in [-0.39, 0.29) is 29.8 Å². The maximum absolute atomic E-state index is 15.4. The summed E-state index contributed by atoms with van der Waals surface area (Å²) in [7, 11) is 6.41. The first-order valence-electron chi connectivity index (χ1n) is 22.1. The fraction of sp³-hybridized carbons (Fsp3) is 0.638. The summed E-state index contributed by atoms with van der Waals surface area (Å²) in [6.07, 6.45) is 8.85. The Balaban J connectivity index is 1.32. The van der Waals surface area contributed by atoms with Crippen LogP contribution in [0.15, 0.2) is 58.2 Å². The maximum Gasteiger partial charge on any atom is 0.344 e. The highest BCUT2D eigenvalue weighted by atomic mass is 32.2. The number of aromatic nitrogens is 1. The zero-order chi connectivity index (χ0) is 42.5. The molecule has 324 valence electrons. The SMILES string of the molecule is CCSc1ccc2[nH]c3c(c2c1)CN1CC(CC)=C[C@@H](C1)C[C@]3(C(=O)OC)C1C=C2C(=CC1OC)N(C)[C@H]1[C@@](O)(C(=O)OC)[C@H](OC(C)=O)C3[C@@H](CC)CCN4CC[C@]21[C@H]34. The number of likely N-dealkylation sites (tertiary alicyclic amines) is 1. The number of hydrogen-bond donors (Lipinski definition) is 2. The number of carbonyl (C=O) groups excluding carboxylic acids is 3. The molecule has 2 bridgehead atoms. The molecule has 1 aromatic heterocycles. The number of aromatic amines is 1. The van der Waals surface area contributed by atoms with Crippen molar-refractivity contribution in [2.24, 2.45) is 29.1 Å². The molecule has 5 aliphatic heterocycles. The molecule has 2 aromatic rings. The van der Waals surface area contributed by atoms with Gasteiger partial charge in [-0.2, -0.15) is 0 Å².